The molecule has 10 heteroatoms. The molecule has 2 aromatic heterocycles. The lowest BCUT2D eigenvalue weighted by molar-refractivity contribution is 0.200. The van der Waals surface area contributed by atoms with Gasteiger partial charge in [0.1, 0.15) is 17.6 Å². The smallest absolute Gasteiger partial charge is 0.253 e. The van der Waals surface area contributed by atoms with Crippen molar-refractivity contribution in [3.63, 3.8) is 0 Å². The van der Waals surface area contributed by atoms with Crippen LogP contribution in [0.4, 0.5) is 10.1 Å². The van der Waals surface area contributed by atoms with Gasteiger partial charge in [-0.2, -0.15) is 0 Å². The number of ether oxygens (including phenoxy) is 1. The number of nitrogens with one attached hydrogen (secondary N) is 1. The molecule has 0 spiro atoms. The van der Waals surface area contributed by atoms with Gasteiger partial charge in [-0.25, -0.2) is 9.07 Å². The van der Waals surface area contributed by atoms with Crippen LogP contribution in [0.1, 0.15) is 28.6 Å². The number of fused-ring (bicyclic) bond motifs is 1. The number of benzene rings is 3. The highest BCUT2D eigenvalue weighted by molar-refractivity contribution is 5.79. The minimum Gasteiger partial charge on any atom is -0.497 e. The summed E-state index contributed by atoms with van der Waals surface area (Å²) in [4.78, 5) is 21.2. The van der Waals surface area contributed by atoms with E-state index in [0.29, 0.717) is 31.0 Å². The number of pyridine rings is 1. The van der Waals surface area contributed by atoms with E-state index in [9.17, 15) is 9.18 Å². The van der Waals surface area contributed by atoms with E-state index < -0.39 is 6.04 Å². The third kappa shape index (κ3) is 5.17. The van der Waals surface area contributed by atoms with E-state index in [1.807, 2.05) is 37.3 Å². The molecular formula is C30H30FN7O2. The van der Waals surface area contributed by atoms with E-state index in [0.717, 1.165) is 46.6 Å². The second-order valence-corrected chi connectivity index (χ2v) is 10.1. The highest BCUT2D eigenvalue weighted by Crippen LogP contribution is 2.30. The number of piperazine rings is 1. The van der Waals surface area contributed by atoms with Gasteiger partial charge in [-0.05, 0) is 82.9 Å². The molecule has 1 fully saturated rings. The Hall–Kier alpha value is -4.57. The first kappa shape index (κ1) is 25.7. The second-order valence-electron chi connectivity index (χ2n) is 10.1. The zero-order valence-electron chi connectivity index (χ0n) is 22.4. The number of rotatable bonds is 7. The maximum Gasteiger partial charge on any atom is 0.253 e. The van der Waals surface area contributed by atoms with Gasteiger partial charge in [0.25, 0.3) is 5.56 Å². The number of aromatic amines is 1. The normalized spacial score (nSPS) is 14.9. The molecule has 0 amide bonds. The first-order valence-electron chi connectivity index (χ1n) is 13.3. The van der Waals surface area contributed by atoms with Gasteiger partial charge in [-0.3, -0.25) is 9.69 Å². The van der Waals surface area contributed by atoms with Crippen LogP contribution in [0.25, 0.3) is 10.9 Å². The van der Waals surface area contributed by atoms with Gasteiger partial charge in [0.05, 0.1) is 13.7 Å². The Morgan fingerprint density at radius 3 is 2.45 bits per heavy atom. The van der Waals surface area contributed by atoms with Crippen molar-refractivity contribution in [1.29, 1.82) is 0 Å². The number of methoxy groups -OCH3 is 1. The molecule has 5 aromatic rings. The first-order valence-corrected chi connectivity index (χ1v) is 13.3. The fourth-order valence-electron chi connectivity index (χ4n) is 5.36. The van der Waals surface area contributed by atoms with E-state index in [1.165, 1.54) is 12.1 Å². The quantitative estimate of drug-likeness (QED) is 0.335. The Kier molecular flexibility index (Phi) is 7.00. The van der Waals surface area contributed by atoms with Gasteiger partial charge in [0.15, 0.2) is 5.82 Å². The first-order chi connectivity index (χ1) is 19.5. The monoisotopic (exact) mass is 539 g/mol. The largest absolute Gasteiger partial charge is 0.497 e. The van der Waals surface area contributed by atoms with Crippen LogP contribution >= 0.6 is 0 Å². The molecule has 1 aliphatic heterocycles. The van der Waals surface area contributed by atoms with Gasteiger partial charge in [-0.1, -0.05) is 23.8 Å². The van der Waals surface area contributed by atoms with Gasteiger partial charge in [-0.15, -0.1) is 5.10 Å². The molecule has 0 aliphatic carbocycles. The summed E-state index contributed by atoms with van der Waals surface area (Å²) in [5.74, 6) is 1.09. The number of tetrazole rings is 1. The summed E-state index contributed by atoms with van der Waals surface area (Å²) >= 11 is 0. The molecule has 1 aliphatic rings. The van der Waals surface area contributed by atoms with Gasteiger partial charge >= 0.3 is 0 Å². The summed E-state index contributed by atoms with van der Waals surface area (Å²) in [6.45, 7) is 5.33. The van der Waals surface area contributed by atoms with Crippen molar-refractivity contribution >= 4 is 16.6 Å². The molecule has 1 atom stereocenters. The molecule has 3 heterocycles. The number of aryl methyl sites for hydroxylation is 1. The van der Waals surface area contributed by atoms with Crippen molar-refractivity contribution in [2.24, 2.45) is 0 Å². The van der Waals surface area contributed by atoms with E-state index in [1.54, 1.807) is 23.9 Å². The predicted molar refractivity (Wildman–Crippen MR) is 151 cm³/mol. The van der Waals surface area contributed by atoms with Crippen molar-refractivity contribution in [3.05, 3.63) is 111 Å². The fraction of sp³-hybridized carbons (Fsp3) is 0.267. The molecule has 0 saturated carbocycles. The van der Waals surface area contributed by atoms with E-state index in [-0.39, 0.29) is 11.4 Å². The third-order valence-electron chi connectivity index (χ3n) is 7.49. The van der Waals surface area contributed by atoms with Crippen LogP contribution in [-0.4, -0.2) is 63.4 Å². The van der Waals surface area contributed by atoms with Crippen LogP contribution in [0.15, 0.2) is 77.6 Å². The zero-order valence-corrected chi connectivity index (χ0v) is 22.4. The Morgan fingerprint density at radius 1 is 0.975 bits per heavy atom. The van der Waals surface area contributed by atoms with Crippen LogP contribution in [0.2, 0.25) is 0 Å². The minimum atomic E-state index is -0.470. The Morgan fingerprint density at radius 2 is 1.73 bits per heavy atom. The van der Waals surface area contributed by atoms with Crippen molar-refractivity contribution in [2.75, 3.05) is 38.2 Å². The fourth-order valence-corrected chi connectivity index (χ4v) is 5.36. The maximum absolute atomic E-state index is 13.5. The molecule has 1 N–H and O–H groups in total. The maximum atomic E-state index is 13.5. The number of hydrogen-bond acceptors (Lipinski definition) is 7. The van der Waals surface area contributed by atoms with E-state index in [4.69, 9.17) is 4.74 Å². The van der Waals surface area contributed by atoms with Crippen molar-refractivity contribution in [1.82, 2.24) is 30.1 Å². The molecule has 0 unspecified atom stereocenters. The number of anilines is 1. The van der Waals surface area contributed by atoms with Gasteiger partial charge < -0.3 is 14.6 Å². The summed E-state index contributed by atoms with van der Waals surface area (Å²) in [5.41, 5.74) is 4.30. The standard InChI is InChI=1S/C30H30FN7O2/c1-20-3-12-27-22(17-20)18-26(30(39)32-27)28(29-33-34-35-38(29)19-21-4-6-23(31)7-5-21)37-15-13-36(14-16-37)24-8-10-25(40-2)11-9-24/h3-12,17-18,28H,13-16,19H2,1-2H3,(H,32,39)/t28-/m1/s1. The summed E-state index contributed by atoms with van der Waals surface area (Å²) < 4.78 is 20.5. The van der Waals surface area contributed by atoms with Gasteiger partial charge in [0.2, 0.25) is 0 Å². The van der Waals surface area contributed by atoms with Crippen LogP contribution in [0.3, 0.4) is 0 Å². The van der Waals surface area contributed by atoms with Crippen molar-refractivity contribution in [2.45, 2.75) is 19.5 Å². The molecule has 3 aromatic carbocycles. The number of H-pyrrole nitrogens is 1. The molecule has 0 bridgehead atoms. The summed E-state index contributed by atoms with van der Waals surface area (Å²) in [6.07, 6.45) is 0. The topological polar surface area (TPSA) is 92.2 Å². The molecule has 204 valence electrons. The molecule has 6 rings (SSSR count). The third-order valence-corrected chi connectivity index (χ3v) is 7.49. The highest BCUT2D eigenvalue weighted by atomic mass is 19.1. The summed E-state index contributed by atoms with van der Waals surface area (Å²) in [7, 11) is 1.66. The second kappa shape index (κ2) is 10.9. The van der Waals surface area contributed by atoms with E-state index >= 15 is 0 Å². The summed E-state index contributed by atoms with van der Waals surface area (Å²) in [6, 6.07) is 21.8. The number of hydrogen-bond donors (Lipinski definition) is 1. The van der Waals surface area contributed by atoms with Crippen molar-refractivity contribution in [3.8, 4) is 5.75 Å². The highest BCUT2D eigenvalue weighted by Gasteiger charge is 2.33. The zero-order chi connectivity index (χ0) is 27.6. The average Bonchev–Trinajstić information content (AvgIpc) is 3.43. The SMILES string of the molecule is COc1ccc(N2CCN([C@H](c3cc4cc(C)ccc4[nH]c3=O)c3nnnn3Cc3ccc(F)cc3)CC2)cc1. The number of halogens is 1. The number of aromatic nitrogens is 5. The lowest BCUT2D eigenvalue weighted by Gasteiger charge is -2.39. The Bertz CT molecular complexity index is 1670. The van der Waals surface area contributed by atoms with Crippen LogP contribution in [-0.2, 0) is 6.54 Å². The summed E-state index contributed by atoms with van der Waals surface area (Å²) in [5, 5.41) is 13.6. The predicted octanol–water partition coefficient (Wildman–Crippen LogP) is 3.93. The van der Waals surface area contributed by atoms with Crippen molar-refractivity contribution < 1.29 is 9.13 Å². The van der Waals surface area contributed by atoms with E-state index in [2.05, 4.69) is 48.5 Å². The van der Waals surface area contributed by atoms with Crippen LogP contribution in [0.5, 0.6) is 5.75 Å². The van der Waals surface area contributed by atoms with Crippen LogP contribution < -0.4 is 15.2 Å². The molecule has 40 heavy (non-hydrogen) atoms. The van der Waals surface area contributed by atoms with Gasteiger partial charge in [0, 0.05) is 42.9 Å². The van der Waals surface area contributed by atoms with Crippen LogP contribution in [0, 0.1) is 12.7 Å². The Balaban J connectivity index is 1.36. The molecule has 1 saturated heterocycles. The molecular weight excluding hydrogens is 509 g/mol. The lowest BCUT2D eigenvalue weighted by Crippen LogP contribution is -2.49. The Labute approximate surface area is 230 Å². The lowest BCUT2D eigenvalue weighted by atomic mass is 10.0. The minimum absolute atomic E-state index is 0.171. The molecule has 0 radical (unpaired) electrons. The molecule has 9 nitrogen and oxygen atoms in total. The average molecular weight is 540 g/mol. The number of nitrogens with zero attached hydrogens (tertiary/aromatic N) is 6.